The molecule has 0 saturated carbocycles. The molecular weight excluding hydrogens is 212 g/mol. The fourth-order valence-corrected chi connectivity index (χ4v) is 2.64. The predicted molar refractivity (Wildman–Crippen MR) is 63.0 cm³/mol. The van der Waals surface area contributed by atoms with Crippen LogP contribution in [-0.4, -0.2) is 16.2 Å². The Morgan fingerprint density at radius 1 is 1.13 bits per heavy atom. The van der Waals surface area contributed by atoms with Crippen molar-refractivity contribution in [3.63, 3.8) is 0 Å². The van der Waals surface area contributed by atoms with Gasteiger partial charge in [-0.3, -0.25) is 9.11 Å². The second-order valence-electron chi connectivity index (χ2n) is 3.18. The van der Waals surface area contributed by atoms with Crippen LogP contribution >= 0.6 is 10.6 Å². The van der Waals surface area contributed by atoms with Crippen molar-refractivity contribution in [3.8, 4) is 5.75 Å². The van der Waals surface area contributed by atoms with Crippen LogP contribution in [0.2, 0.25) is 0 Å². The van der Waals surface area contributed by atoms with Gasteiger partial charge in [0.05, 0.1) is 12.0 Å². The van der Waals surface area contributed by atoms with Gasteiger partial charge >= 0.3 is 0 Å². The molecule has 0 spiro atoms. The highest BCUT2D eigenvalue weighted by Gasteiger charge is 2.20. The molecule has 1 aliphatic heterocycles. The normalized spacial score (nSPS) is 19.8. The summed E-state index contributed by atoms with van der Waals surface area (Å²) in [7, 11) is -1.12. The zero-order valence-corrected chi connectivity index (χ0v) is 9.07. The van der Waals surface area contributed by atoms with E-state index in [2.05, 4.69) is 0 Å². The Morgan fingerprint density at radius 3 is 2.27 bits per heavy atom. The largest absolute Gasteiger partial charge is 0.497 e. The van der Waals surface area contributed by atoms with Crippen LogP contribution in [0.1, 0.15) is 5.56 Å². The average molecular weight is 224 g/mol. The van der Waals surface area contributed by atoms with Crippen LogP contribution in [0.5, 0.6) is 5.75 Å². The molecule has 2 N–H and O–H groups in total. The SMILES string of the molecule is COc1ccc(C2=CC=CS2(O)O)cc1. The summed E-state index contributed by atoms with van der Waals surface area (Å²) in [5.41, 5.74) is 0.806. The maximum atomic E-state index is 9.69. The fourth-order valence-electron chi connectivity index (χ4n) is 1.43. The summed E-state index contributed by atoms with van der Waals surface area (Å²) in [4.78, 5) is 0.560. The van der Waals surface area contributed by atoms with Crippen molar-refractivity contribution in [2.45, 2.75) is 0 Å². The van der Waals surface area contributed by atoms with Gasteiger partial charge in [-0.2, -0.15) is 0 Å². The maximum absolute atomic E-state index is 9.69. The van der Waals surface area contributed by atoms with Crippen LogP contribution in [0.4, 0.5) is 0 Å². The molecule has 4 heteroatoms. The molecule has 0 fully saturated rings. The number of ether oxygens (including phenoxy) is 1. The van der Waals surface area contributed by atoms with E-state index in [-0.39, 0.29) is 0 Å². The predicted octanol–water partition coefficient (Wildman–Crippen LogP) is 3.31. The van der Waals surface area contributed by atoms with Crippen molar-refractivity contribution in [1.82, 2.24) is 0 Å². The van der Waals surface area contributed by atoms with E-state index in [0.29, 0.717) is 4.91 Å². The summed E-state index contributed by atoms with van der Waals surface area (Å²) >= 11 is 0. The number of hydrogen-bond acceptors (Lipinski definition) is 3. The molecule has 0 aromatic heterocycles. The Labute approximate surface area is 90.1 Å². The molecule has 0 unspecified atom stereocenters. The van der Waals surface area contributed by atoms with Crippen molar-refractivity contribution in [1.29, 1.82) is 0 Å². The smallest absolute Gasteiger partial charge is 0.118 e. The molecule has 1 aromatic carbocycles. The Balaban J connectivity index is 2.32. The van der Waals surface area contributed by atoms with Crippen molar-refractivity contribution in [2.24, 2.45) is 0 Å². The molecule has 3 nitrogen and oxygen atoms in total. The molecule has 0 radical (unpaired) electrons. The summed E-state index contributed by atoms with van der Waals surface area (Å²) in [5.74, 6) is 0.752. The quantitative estimate of drug-likeness (QED) is 0.810. The lowest BCUT2D eigenvalue weighted by Crippen LogP contribution is -1.93. The number of methoxy groups -OCH3 is 1. The van der Waals surface area contributed by atoms with Gasteiger partial charge in [-0.25, -0.2) is 0 Å². The zero-order valence-electron chi connectivity index (χ0n) is 8.25. The van der Waals surface area contributed by atoms with Gasteiger partial charge in [0.2, 0.25) is 0 Å². The third kappa shape index (κ3) is 1.92. The lowest BCUT2D eigenvalue weighted by atomic mass is 10.2. The Hall–Kier alpha value is -1.23. The topological polar surface area (TPSA) is 49.7 Å². The van der Waals surface area contributed by atoms with E-state index in [4.69, 9.17) is 4.74 Å². The van der Waals surface area contributed by atoms with E-state index in [0.717, 1.165) is 11.3 Å². The average Bonchev–Trinajstić information content (AvgIpc) is 2.58. The first-order chi connectivity index (χ1) is 7.13. The van der Waals surface area contributed by atoms with Crippen LogP contribution in [-0.2, 0) is 0 Å². The van der Waals surface area contributed by atoms with Crippen molar-refractivity contribution >= 4 is 15.5 Å². The standard InChI is InChI=1S/C11H12O3S/c1-14-10-6-4-9(5-7-10)11-3-2-8-15(11,12)13/h2-8,12-13H,1H3. The molecule has 0 bridgehead atoms. The highest BCUT2D eigenvalue weighted by atomic mass is 32.3. The van der Waals surface area contributed by atoms with Gasteiger partial charge in [-0.1, -0.05) is 0 Å². The fraction of sp³-hybridized carbons (Fsp3) is 0.0909. The molecule has 1 aromatic rings. The molecule has 2 rings (SSSR count). The Kier molecular flexibility index (Phi) is 2.56. The minimum absolute atomic E-state index is 0.560. The molecule has 0 saturated heterocycles. The van der Waals surface area contributed by atoms with Crippen LogP contribution in [0.15, 0.2) is 41.8 Å². The highest BCUT2D eigenvalue weighted by molar-refractivity contribution is 8.34. The second kappa shape index (κ2) is 3.73. The van der Waals surface area contributed by atoms with Gasteiger partial charge in [0.15, 0.2) is 0 Å². The minimum Gasteiger partial charge on any atom is -0.497 e. The minimum atomic E-state index is -2.72. The molecule has 1 heterocycles. The molecule has 1 aliphatic rings. The summed E-state index contributed by atoms with van der Waals surface area (Å²) in [5, 5.41) is 1.42. The van der Waals surface area contributed by atoms with E-state index in [9.17, 15) is 9.11 Å². The first kappa shape index (κ1) is 10.3. The summed E-state index contributed by atoms with van der Waals surface area (Å²) in [6.45, 7) is 0. The lowest BCUT2D eigenvalue weighted by molar-refractivity contribution is 0.415. The van der Waals surface area contributed by atoms with Crippen molar-refractivity contribution < 1.29 is 13.8 Å². The number of allylic oxidation sites excluding steroid dienone is 2. The van der Waals surface area contributed by atoms with Crippen LogP contribution in [0.3, 0.4) is 0 Å². The number of rotatable bonds is 2. The highest BCUT2D eigenvalue weighted by Crippen LogP contribution is 2.57. The monoisotopic (exact) mass is 224 g/mol. The third-order valence-electron chi connectivity index (χ3n) is 2.21. The Bertz CT molecular complexity index is 418. The van der Waals surface area contributed by atoms with Crippen molar-refractivity contribution in [3.05, 3.63) is 47.4 Å². The lowest BCUT2D eigenvalue weighted by Gasteiger charge is -2.28. The molecule has 0 aliphatic carbocycles. The van der Waals surface area contributed by atoms with Crippen LogP contribution < -0.4 is 4.74 Å². The van der Waals surface area contributed by atoms with Crippen LogP contribution in [0, 0.1) is 0 Å². The number of benzene rings is 1. The van der Waals surface area contributed by atoms with Gasteiger partial charge in [0.25, 0.3) is 0 Å². The first-order valence-electron chi connectivity index (χ1n) is 4.44. The second-order valence-corrected chi connectivity index (χ2v) is 5.08. The third-order valence-corrected chi connectivity index (χ3v) is 3.77. The zero-order chi connectivity index (χ0) is 10.9. The van der Waals surface area contributed by atoms with Gasteiger partial charge in [-0.15, -0.1) is 10.6 Å². The molecule has 0 amide bonds. The number of hydrogen-bond donors (Lipinski definition) is 2. The molecular formula is C11H12O3S. The van der Waals surface area contributed by atoms with Gasteiger partial charge in [0, 0.05) is 5.41 Å². The van der Waals surface area contributed by atoms with Gasteiger partial charge < -0.3 is 4.74 Å². The maximum Gasteiger partial charge on any atom is 0.118 e. The van der Waals surface area contributed by atoms with E-state index >= 15 is 0 Å². The van der Waals surface area contributed by atoms with E-state index in [1.807, 2.05) is 12.1 Å². The van der Waals surface area contributed by atoms with Crippen LogP contribution in [0.25, 0.3) is 4.91 Å². The molecule has 15 heavy (non-hydrogen) atoms. The first-order valence-corrected chi connectivity index (χ1v) is 6.05. The molecule has 80 valence electrons. The van der Waals surface area contributed by atoms with E-state index < -0.39 is 10.6 Å². The van der Waals surface area contributed by atoms with Crippen molar-refractivity contribution in [2.75, 3.05) is 7.11 Å². The summed E-state index contributed by atoms with van der Waals surface area (Å²) in [6, 6.07) is 7.21. The van der Waals surface area contributed by atoms with E-state index in [1.165, 1.54) is 5.41 Å². The van der Waals surface area contributed by atoms with Gasteiger partial charge in [0.1, 0.15) is 5.75 Å². The van der Waals surface area contributed by atoms with E-state index in [1.54, 1.807) is 31.4 Å². The van der Waals surface area contributed by atoms with Gasteiger partial charge in [-0.05, 0) is 42.0 Å². The molecule has 0 atom stereocenters. The summed E-state index contributed by atoms with van der Waals surface area (Å²) < 4.78 is 24.4. The Morgan fingerprint density at radius 2 is 1.80 bits per heavy atom. The summed E-state index contributed by atoms with van der Waals surface area (Å²) in [6.07, 6.45) is 3.38.